The number of rotatable bonds is 1. The minimum absolute atomic E-state index is 0.571. The lowest BCUT2D eigenvalue weighted by Gasteiger charge is -1.86. The van der Waals surface area contributed by atoms with E-state index in [-0.39, 0.29) is 0 Å². The fourth-order valence-electron chi connectivity index (χ4n) is 0.498. The zero-order valence-electron chi connectivity index (χ0n) is 4.80. The van der Waals surface area contributed by atoms with Gasteiger partial charge in [0.15, 0.2) is 0 Å². The van der Waals surface area contributed by atoms with Crippen molar-refractivity contribution in [1.29, 1.82) is 0 Å². The number of hydrogen-bond acceptors (Lipinski definition) is 2. The zero-order valence-corrected chi connectivity index (χ0v) is 4.80. The molecule has 0 unspecified atom stereocenters. The molecule has 1 aromatic rings. The smallest absolute Gasteiger partial charge is 0.258 e. The highest BCUT2D eigenvalue weighted by molar-refractivity contribution is 5.27. The Bertz CT molecular complexity index is 262. The third-order valence-electron chi connectivity index (χ3n) is 0.933. The molecule has 1 aromatic carbocycles. The summed E-state index contributed by atoms with van der Waals surface area (Å²) in [5.41, 5.74) is -0.571. The summed E-state index contributed by atoms with van der Waals surface area (Å²) < 4.78 is 12.3. The Morgan fingerprint density at radius 1 is 1.50 bits per heavy atom. The molecule has 0 radical (unpaired) electrons. The maximum atomic E-state index is 12.3. The Morgan fingerprint density at radius 2 is 2.10 bits per heavy atom. The average molecular weight is 139 g/mol. The fourth-order valence-corrected chi connectivity index (χ4v) is 0.498. The van der Waals surface area contributed by atoms with E-state index in [1.54, 1.807) is 0 Å². The van der Waals surface area contributed by atoms with E-state index in [0.29, 0.717) is 0 Å². The van der Waals surface area contributed by atoms with Crippen molar-refractivity contribution in [3.8, 4) is 0 Å². The first-order valence-corrected chi connectivity index (χ1v) is 2.43. The van der Waals surface area contributed by atoms with Gasteiger partial charge in [-0.3, -0.25) is 10.1 Å². The van der Waals surface area contributed by atoms with Crippen LogP contribution in [0.4, 0.5) is 10.1 Å². The van der Waals surface area contributed by atoms with Crippen molar-refractivity contribution in [2.45, 2.75) is 0 Å². The van der Waals surface area contributed by atoms with E-state index in [1.807, 2.05) is 0 Å². The quantitative estimate of drug-likeness (QED) is 0.435. The van der Waals surface area contributed by atoms with Crippen LogP contribution in [0.1, 0.15) is 0 Å². The largest absolute Gasteiger partial charge is 0.313 e. The fraction of sp³-hybridized carbons (Fsp3) is 0. The van der Waals surface area contributed by atoms with Gasteiger partial charge in [-0.1, -0.05) is 12.1 Å². The first-order valence-electron chi connectivity index (χ1n) is 2.43. The Hall–Kier alpha value is -1.63. The van der Waals surface area contributed by atoms with Crippen molar-refractivity contribution in [2.24, 2.45) is 0 Å². The molecule has 0 spiro atoms. The molecule has 4 heteroatoms. The van der Waals surface area contributed by atoms with Crippen LogP contribution in [0, 0.1) is 28.1 Å². The average Bonchev–Trinajstić information content (AvgIpc) is 1.88. The van der Waals surface area contributed by atoms with Crippen LogP contribution in [0.5, 0.6) is 0 Å². The van der Waals surface area contributed by atoms with Crippen LogP contribution in [-0.2, 0) is 0 Å². The predicted molar refractivity (Wildman–Crippen MR) is 30.7 cm³/mol. The van der Waals surface area contributed by atoms with Crippen molar-refractivity contribution >= 4 is 5.69 Å². The van der Waals surface area contributed by atoms with Gasteiger partial charge in [-0.05, 0) is 0 Å². The Labute approximate surface area is 56.2 Å². The molecule has 0 bridgehead atoms. The summed E-state index contributed by atoms with van der Waals surface area (Å²) in [5, 5.41) is 9.95. The molecule has 0 fully saturated rings. The van der Waals surface area contributed by atoms with Crippen LogP contribution in [0.15, 0.2) is 12.1 Å². The van der Waals surface area contributed by atoms with Crippen LogP contribution < -0.4 is 0 Å². The van der Waals surface area contributed by atoms with E-state index in [4.69, 9.17) is 0 Å². The van der Waals surface area contributed by atoms with Gasteiger partial charge >= 0.3 is 5.69 Å². The van der Waals surface area contributed by atoms with Gasteiger partial charge in [0.1, 0.15) is 0 Å². The molecular formula is C6H2FNO2. The summed E-state index contributed by atoms with van der Waals surface area (Å²) in [4.78, 5) is 9.15. The molecule has 0 N–H and O–H groups in total. The van der Waals surface area contributed by atoms with Crippen molar-refractivity contribution in [2.75, 3.05) is 0 Å². The van der Waals surface area contributed by atoms with Crippen molar-refractivity contribution in [3.63, 3.8) is 0 Å². The number of nitrogens with zero attached hydrogens (tertiary/aromatic N) is 1. The lowest BCUT2D eigenvalue weighted by Crippen LogP contribution is -1.89. The van der Waals surface area contributed by atoms with Gasteiger partial charge in [0.05, 0.1) is 11.0 Å². The summed E-state index contributed by atoms with van der Waals surface area (Å²) >= 11 is 0. The Balaban J connectivity index is 3.15. The molecule has 0 saturated carbocycles. The first kappa shape index (κ1) is 6.49. The summed E-state index contributed by atoms with van der Waals surface area (Å²) in [6.45, 7) is 0. The van der Waals surface area contributed by atoms with E-state index < -0.39 is 16.4 Å². The minimum atomic E-state index is -0.885. The van der Waals surface area contributed by atoms with E-state index in [0.717, 1.165) is 12.1 Å². The van der Waals surface area contributed by atoms with Crippen molar-refractivity contribution < 1.29 is 9.31 Å². The molecule has 10 heavy (non-hydrogen) atoms. The Kier molecular flexibility index (Phi) is 1.50. The molecule has 0 aliphatic heterocycles. The summed E-state index contributed by atoms with van der Waals surface area (Å²) in [6, 6.07) is 6.34. The van der Waals surface area contributed by atoms with E-state index in [1.165, 1.54) is 0 Å². The molecule has 0 saturated heterocycles. The Morgan fingerprint density at radius 3 is 2.50 bits per heavy atom. The summed E-state index contributed by atoms with van der Waals surface area (Å²) in [5.74, 6) is -0.885. The molecule has 0 aromatic heterocycles. The third kappa shape index (κ3) is 1.03. The van der Waals surface area contributed by atoms with Crippen LogP contribution in [0.2, 0.25) is 0 Å². The molecule has 3 nitrogen and oxygen atoms in total. The molecule has 0 aliphatic rings. The third-order valence-corrected chi connectivity index (χ3v) is 0.933. The van der Waals surface area contributed by atoms with Crippen molar-refractivity contribution in [3.05, 3.63) is 40.2 Å². The SMILES string of the molecule is O=[N+]([O-])c1cc#ccc1F. The van der Waals surface area contributed by atoms with Crippen molar-refractivity contribution in [1.82, 2.24) is 0 Å². The highest BCUT2D eigenvalue weighted by atomic mass is 19.1. The molecule has 0 aliphatic carbocycles. The topological polar surface area (TPSA) is 43.1 Å². The lowest BCUT2D eigenvalue weighted by atomic mass is 10.3. The summed E-state index contributed by atoms with van der Waals surface area (Å²) in [7, 11) is 0. The maximum Gasteiger partial charge on any atom is 0.313 e. The van der Waals surface area contributed by atoms with Crippen LogP contribution >= 0.6 is 0 Å². The monoisotopic (exact) mass is 139 g/mol. The molecular weight excluding hydrogens is 137 g/mol. The normalized spacial score (nSPS) is 8.50. The summed E-state index contributed by atoms with van der Waals surface area (Å²) in [6.07, 6.45) is 0. The van der Waals surface area contributed by atoms with Gasteiger partial charge in [0.2, 0.25) is 5.82 Å². The second kappa shape index (κ2) is 2.31. The van der Waals surface area contributed by atoms with Gasteiger partial charge in [-0.15, -0.1) is 0 Å². The molecule has 0 atom stereocenters. The molecule has 1 rings (SSSR count). The van der Waals surface area contributed by atoms with Gasteiger partial charge in [-0.25, -0.2) is 0 Å². The predicted octanol–water partition coefficient (Wildman–Crippen LogP) is 1.33. The highest BCUT2D eigenvalue weighted by Crippen LogP contribution is 2.11. The van der Waals surface area contributed by atoms with Gasteiger partial charge in [0, 0.05) is 6.07 Å². The second-order valence-corrected chi connectivity index (χ2v) is 1.57. The minimum Gasteiger partial charge on any atom is -0.258 e. The van der Waals surface area contributed by atoms with Crippen LogP contribution in [-0.4, -0.2) is 4.92 Å². The second-order valence-electron chi connectivity index (χ2n) is 1.57. The highest BCUT2D eigenvalue weighted by Gasteiger charge is 2.10. The van der Waals surface area contributed by atoms with E-state index in [9.17, 15) is 14.5 Å². The first-order chi connectivity index (χ1) is 4.72. The van der Waals surface area contributed by atoms with Crippen LogP contribution in [0.25, 0.3) is 0 Å². The molecule has 0 heterocycles. The number of hydrogen-bond donors (Lipinski definition) is 0. The number of nitro groups is 1. The van der Waals surface area contributed by atoms with Gasteiger partial charge < -0.3 is 0 Å². The zero-order chi connectivity index (χ0) is 7.56. The standard InChI is InChI=1S/C6H2FNO2/c7-5-3-1-2-4-6(5)8(9)10/h3-4H. The maximum absolute atomic E-state index is 12.3. The molecule has 0 amide bonds. The lowest BCUT2D eigenvalue weighted by molar-refractivity contribution is -0.387. The van der Waals surface area contributed by atoms with Gasteiger partial charge in [-0.2, -0.15) is 4.39 Å². The van der Waals surface area contributed by atoms with Gasteiger partial charge in [0.25, 0.3) is 0 Å². The van der Waals surface area contributed by atoms with Crippen LogP contribution in [0.3, 0.4) is 0 Å². The number of halogens is 1. The molecule has 50 valence electrons. The van der Waals surface area contributed by atoms with E-state index >= 15 is 0 Å². The van der Waals surface area contributed by atoms with E-state index in [2.05, 4.69) is 12.1 Å².